The van der Waals surface area contributed by atoms with E-state index in [1.54, 1.807) is 24.4 Å². The molecule has 114 valence electrons. The fourth-order valence-corrected chi connectivity index (χ4v) is 2.02. The Labute approximate surface area is 130 Å². The maximum Gasteiger partial charge on any atom is 0.275 e. The Morgan fingerprint density at radius 3 is 2.45 bits per heavy atom. The van der Waals surface area contributed by atoms with E-state index in [4.69, 9.17) is 4.74 Å². The van der Waals surface area contributed by atoms with Crippen molar-refractivity contribution in [1.29, 1.82) is 0 Å². The number of methoxy groups -OCH3 is 1. The highest BCUT2D eigenvalue weighted by Crippen LogP contribution is 2.17. The van der Waals surface area contributed by atoms with Gasteiger partial charge in [-0.15, -0.1) is 0 Å². The normalized spacial score (nSPS) is 10.9. The van der Waals surface area contributed by atoms with Crippen molar-refractivity contribution in [3.8, 4) is 5.75 Å². The maximum atomic E-state index is 12.1. The molecule has 0 radical (unpaired) electrons. The molecule has 0 aliphatic heterocycles. The van der Waals surface area contributed by atoms with E-state index in [0.29, 0.717) is 17.2 Å². The van der Waals surface area contributed by atoms with Gasteiger partial charge in [0.2, 0.25) is 0 Å². The number of carbonyl (C=O) groups is 1. The highest BCUT2D eigenvalue weighted by Gasteiger charge is 2.09. The zero-order chi connectivity index (χ0) is 15.9. The van der Waals surface area contributed by atoms with E-state index in [-0.39, 0.29) is 5.91 Å². The van der Waals surface area contributed by atoms with Crippen LogP contribution in [0.25, 0.3) is 0 Å². The molecule has 0 bridgehead atoms. The first-order valence-corrected chi connectivity index (χ1v) is 7.18. The second-order valence-electron chi connectivity index (χ2n) is 5.22. The van der Waals surface area contributed by atoms with E-state index in [0.717, 1.165) is 5.56 Å². The van der Waals surface area contributed by atoms with Gasteiger partial charge in [-0.05, 0) is 29.2 Å². The van der Waals surface area contributed by atoms with Gasteiger partial charge in [-0.1, -0.05) is 50.2 Å². The Morgan fingerprint density at radius 2 is 1.82 bits per heavy atom. The summed E-state index contributed by atoms with van der Waals surface area (Å²) in [6.45, 7) is 4.30. The van der Waals surface area contributed by atoms with Gasteiger partial charge >= 0.3 is 0 Å². The smallest absolute Gasteiger partial charge is 0.275 e. The molecule has 22 heavy (non-hydrogen) atoms. The minimum Gasteiger partial charge on any atom is -0.496 e. The Morgan fingerprint density at radius 1 is 1.14 bits per heavy atom. The number of hydrazone groups is 1. The van der Waals surface area contributed by atoms with Crippen molar-refractivity contribution in [3.63, 3.8) is 0 Å². The van der Waals surface area contributed by atoms with E-state index in [1.807, 2.05) is 18.2 Å². The summed E-state index contributed by atoms with van der Waals surface area (Å²) in [4.78, 5) is 12.1. The second kappa shape index (κ2) is 7.41. The number of amides is 1. The molecule has 0 aliphatic rings. The first-order valence-electron chi connectivity index (χ1n) is 7.18. The fraction of sp³-hybridized carbons (Fsp3) is 0.222. The van der Waals surface area contributed by atoms with Crippen molar-refractivity contribution in [1.82, 2.24) is 5.43 Å². The van der Waals surface area contributed by atoms with Crippen LogP contribution in [0.4, 0.5) is 0 Å². The molecule has 0 saturated carbocycles. The number of ether oxygens (including phenoxy) is 1. The lowest BCUT2D eigenvalue weighted by Crippen LogP contribution is -2.18. The number of rotatable bonds is 5. The van der Waals surface area contributed by atoms with Gasteiger partial charge in [-0.25, -0.2) is 5.43 Å². The predicted molar refractivity (Wildman–Crippen MR) is 88.6 cm³/mol. The first kappa shape index (κ1) is 15.8. The van der Waals surface area contributed by atoms with Gasteiger partial charge in [0.25, 0.3) is 5.91 Å². The Hall–Kier alpha value is -2.62. The average Bonchev–Trinajstić information content (AvgIpc) is 2.55. The minimum absolute atomic E-state index is 0.299. The van der Waals surface area contributed by atoms with Gasteiger partial charge in [0.05, 0.1) is 18.9 Å². The zero-order valence-electron chi connectivity index (χ0n) is 13.0. The van der Waals surface area contributed by atoms with E-state index >= 15 is 0 Å². The van der Waals surface area contributed by atoms with Crippen LogP contribution in [-0.2, 0) is 0 Å². The van der Waals surface area contributed by atoms with Crippen molar-refractivity contribution >= 4 is 12.1 Å². The van der Waals surface area contributed by atoms with Crippen LogP contribution in [0.2, 0.25) is 0 Å². The number of para-hydroxylation sites is 1. The van der Waals surface area contributed by atoms with Gasteiger partial charge in [0, 0.05) is 0 Å². The van der Waals surface area contributed by atoms with Crippen molar-refractivity contribution < 1.29 is 9.53 Å². The molecule has 0 atom stereocenters. The lowest BCUT2D eigenvalue weighted by atomic mass is 10.0. The van der Waals surface area contributed by atoms with Gasteiger partial charge in [0.1, 0.15) is 5.75 Å². The third-order valence-electron chi connectivity index (χ3n) is 3.33. The van der Waals surface area contributed by atoms with Gasteiger partial charge in [-0.2, -0.15) is 5.10 Å². The van der Waals surface area contributed by atoms with E-state index in [1.165, 1.54) is 12.7 Å². The van der Waals surface area contributed by atoms with Gasteiger partial charge in [0.15, 0.2) is 0 Å². The lowest BCUT2D eigenvalue weighted by Gasteiger charge is -2.06. The summed E-state index contributed by atoms with van der Waals surface area (Å²) >= 11 is 0. The SMILES string of the molecule is COc1ccccc1C(=O)N/N=C/c1ccc(C(C)C)cc1. The van der Waals surface area contributed by atoms with Crippen LogP contribution in [0.5, 0.6) is 5.75 Å². The summed E-state index contributed by atoms with van der Waals surface area (Å²) < 4.78 is 5.15. The van der Waals surface area contributed by atoms with Crippen molar-refractivity contribution in [3.05, 3.63) is 65.2 Å². The maximum absolute atomic E-state index is 12.1. The van der Waals surface area contributed by atoms with Gasteiger partial charge in [-0.3, -0.25) is 4.79 Å². The molecule has 2 aromatic rings. The lowest BCUT2D eigenvalue weighted by molar-refractivity contribution is 0.0952. The molecule has 1 N–H and O–H groups in total. The number of carbonyl (C=O) groups excluding carboxylic acids is 1. The number of benzene rings is 2. The topological polar surface area (TPSA) is 50.7 Å². The number of nitrogens with one attached hydrogen (secondary N) is 1. The largest absolute Gasteiger partial charge is 0.496 e. The third-order valence-corrected chi connectivity index (χ3v) is 3.33. The molecule has 0 saturated heterocycles. The third kappa shape index (κ3) is 3.95. The van der Waals surface area contributed by atoms with Crippen LogP contribution in [-0.4, -0.2) is 19.2 Å². The summed E-state index contributed by atoms with van der Waals surface area (Å²) in [6, 6.07) is 15.1. The van der Waals surface area contributed by atoms with Crippen LogP contribution in [0.15, 0.2) is 53.6 Å². The monoisotopic (exact) mass is 296 g/mol. The molecule has 2 rings (SSSR count). The van der Waals surface area contributed by atoms with Gasteiger partial charge < -0.3 is 4.74 Å². The Bertz CT molecular complexity index is 661. The van der Waals surface area contributed by atoms with Crippen LogP contribution >= 0.6 is 0 Å². The van der Waals surface area contributed by atoms with Crippen LogP contribution in [0, 0.1) is 0 Å². The second-order valence-corrected chi connectivity index (χ2v) is 5.22. The molecule has 0 aromatic heterocycles. The summed E-state index contributed by atoms with van der Waals surface area (Å²) in [6.07, 6.45) is 1.62. The number of hydrogen-bond acceptors (Lipinski definition) is 3. The number of hydrogen-bond donors (Lipinski definition) is 1. The zero-order valence-corrected chi connectivity index (χ0v) is 13.0. The molecule has 0 aliphatic carbocycles. The van der Waals surface area contributed by atoms with Crippen molar-refractivity contribution in [2.45, 2.75) is 19.8 Å². The molecule has 2 aromatic carbocycles. The van der Waals surface area contributed by atoms with Crippen LogP contribution in [0.3, 0.4) is 0 Å². The summed E-state index contributed by atoms with van der Waals surface area (Å²) in [5.74, 6) is 0.722. The Kier molecular flexibility index (Phi) is 5.31. The molecule has 4 nitrogen and oxygen atoms in total. The Balaban J connectivity index is 2.01. The fourth-order valence-electron chi connectivity index (χ4n) is 2.02. The molecule has 4 heteroatoms. The molecular formula is C18H20N2O2. The molecule has 0 unspecified atom stereocenters. The molecule has 1 amide bonds. The highest BCUT2D eigenvalue weighted by atomic mass is 16.5. The van der Waals surface area contributed by atoms with E-state index in [2.05, 4.69) is 36.5 Å². The quantitative estimate of drug-likeness (QED) is 0.677. The predicted octanol–water partition coefficient (Wildman–Crippen LogP) is 3.58. The average molecular weight is 296 g/mol. The van der Waals surface area contributed by atoms with Crippen LogP contribution < -0.4 is 10.2 Å². The van der Waals surface area contributed by atoms with E-state index < -0.39 is 0 Å². The van der Waals surface area contributed by atoms with Crippen molar-refractivity contribution in [2.75, 3.05) is 7.11 Å². The van der Waals surface area contributed by atoms with Crippen LogP contribution in [0.1, 0.15) is 41.3 Å². The molecule has 0 fully saturated rings. The number of nitrogens with zero attached hydrogens (tertiary/aromatic N) is 1. The minimum atomic E-state index is -0.299. The summed E-state index contributed by atoms with van der Waals surface area (Å²) in [7, 11) is 1.53. The first-order chi connectivity index (χ1) is 10.6. The van der Waals surface area contributed by atoms with Crippen molar-refractivity contribution in [2.24, 2.45) is 5.10 Å². The molecule has 0 spiro atoms. The van der Waals surface area contributed by atoms with E-state index in [9.17, 15) is 4.79 Å². The molecule has 0 heterocycles. The standard InChI is InChI=1S/C18H20N2O2/c1-13(2)15-10-8-14(9-11-15)12-19-20-18(21)16-6-4-5-7-17(16)22-3/h4-13H,1-3H3,(H,20,21)/b19-12+. The molecular weight excluding hydrogens is 276 g/mol. The summed E-state index contributed by atoms with van der Waals surface area (Å²) in [5, 5.41) is 3.99. The highest BCUT2D eigenvalue weighted by molar-refractivity contribution is 5.97. The summed E-state index contributed by atoms with van der Waals surface area (Å²) in [5.41, 5.74) is 5.17.